The smallest absolute Gasteiger partial charge is 0.227 e. The van der Waals surface area contributed by atoms with Crippen LogP contribution in [0.3, 0.4) is 0 Å². The molecule has 24 heavy (non-hydrogen) atoms. The third-order valence-corrected chi connectivity index (χ3v) is 3.87. The van der Waals surface area contributed by atoms with Crippen LogP contribution in [0.1, 0.15) is 24.8 Å². The SMILES string of the molecule is N#Cc1ccccc1Oc1ccc(NC(=O)[C@@H]2CC=CCC2)cn1. The molecule has 1 amide bonds. The normalized spacial score (nSPS) is 16.2. The van der Waals surface area contributed by atoms with E-state index < -0.39 is 0 Å². The fraction of sp³-hybridized carbons (Fsp3) is 0.211. The summed E-state index contributed by atoms with van der Waals surface area (Å²) >= 11 is 0. The highest BCUT2D eigenvalue weighted by atomic mass is 16.5. The number of aromatic nitrogens is 1. The second-order valence-electron chi connectivity index (χ2n) is 5.57. The predicted octanol–water partition coefficient (Wildman–Crippen LogP) is 4.04. The van der Waals surface area contributed by atoms with Crippen molar-refractivity contribution in [1.82, 2.24) is 4.98 Å². The van der Waals surface area contributed by atoms with E-state index >= 15 is 0 Å². The van der Waals surface area contributed by atoms with Gasteiger partial charge in [0.15, 0.2) is 0 Å². The van der Waals surface area contributed by atoms with Gasteiger partial charge in [0.1, 0.15) is 11.8 Å². The third-order valence-electron chi connectivity index (χ3n) is 3.87. The molecule has 1 aromatic heterocycles. The number of amides is 1. The van der Waals surface area contributed by atoms with E-state index in [0.29, 0.717) is 22.9 Å². The fourth-order valence-electron chi connectivity index (χ4n) is 2.55. The number of hydrogen-bond acceptors (Lipinski definition) is 4. The molecule has 0 saturated heterocycles. The summed E-state index contributed by atoms with van der Waals surface area (Å²) in [5.41, 5.74) is 1.08. The second kappa shape index (κ2) is 7.42. The number of nitrogens with zero attached hydrogens (tertiary/aromatic N) is 2. The van der Waals surface area contributed by atoms with E-state index in [1.54, 1.807) is 42.6 Å². The number of benzene rings is 1. The van der Waals surface area contributed by atoms with Crippen molar-refractivity contribution in [1.29, 1.82) is 5.26 Å². The summed E-state index contributed by atoms with van der Waals surface area (Å²) in [5, 5.41) is 11.9. The minimum Gasteiger partial charge on any atom is -0.438 e. The maximum Gasteiger partial charge on any atom is 0.227 e. The highest BCUT2D eigenvalue weighted by Crippen LogP contribution is 2.24. The zero-order chi connectivity index (χ0) is 16.8. The first-order valence-electron chi connectivity index (χ1n) is 7.85. The van der Waals surface area contributed by atoms with Crippen LogP contribution >= 0.6 is 0 Å². The highest BCUT2D eigenvalue weighted by Gasteiger charge is 2.18. The first-order valence-corrected chi connectivity index (χ1v) is 7.85. The zero-order valence-electron chi connectivity index (χ0n) is 13.1. The molecule has 1 aromatic carbocycles. The molecule has 0 saturated carbocycles. The van der Waals surface area contributed by atoms with Gasteiger partial charge in [0.05, 0.1) is 17.4 Å². The zero-order valence-corrected chi connectivity index (χ0v) is 13.1. The number of ether oxygens (including phenoxy) is 1. The van der Waals surface area contributed by atoms with E-state index in [0.717, 1.165) is 19.3 Å². The Morgan fingerprint density at radius 3 is 2.83 bits per heavy atom. The van der Waals surface area contributed by atoms with Crippen LogP contribution < -0.4 is 10.1 Å². The van der Waals surface area contributed by atoms with Gasteiger partial charge in [-0.1, -0.05) is 24.3 Å². The minimum absolute atomic E-state index is 0.0182. The van der Waals surface area contributed by atoms with Gasteiger partial charge in [0.25, 0.3) is 0 Å². The van der Waals surface area contributed by atoms with E-state index in [1.165, 1.54) is 0 Å². The Hall–Kier alpha value is -3.13. The Labute approximate surface area is 140 Å². The third kappa shape index (κ3) is 3.79. The molecular formula is C19H17N3O2. The summed E-state index contributed by atoms with van der Waals surface area (Å²) in [6.07, 6.45) is 8.32. The average Bonchev–Trinajstić information content (AvgIpc) is 2.64. The second-order valence-corrected chi connectivity index (χ2v) is 5.57. The Morgan fingerprint density at radius 2 is 2.12 bits per heavy atom. The molecule has 1 aliphatic carbocycles. The molecule has 3 rings (SSSR count). The molecule has 0 unspecified atom stereocenters. The standard InChI is InChI=1S/C19H17N3O2/c20-12-15-8-4-5-9-17(15)24-18-11-10-16(13-21-18)22-19(23)14-6-2-1-3-7-14/h1-2,4-5,8-11,13-14H,3,6-7H2,(H,22,23)/t14-/m1/s1. The Kier molecular flexibility index (Phi) is 4.87. The molecule has 0 spiro atoms. The van der Waals surface area contributed by atoms with Crippen LogP contribution in [-0.4, -0.2) is 10.9 Å². The molecule has 0 fully saturated rings. The molecule has 1 atom stereocenters. The molecule has 120 valence electrons. The van der Waals surface area contributed by atoms with Crippen molar-refractivity contribution in [3.8, 4) is 17.7 Å². The maximum absolute atomic E-state index is 12.2. The van der Waals surface area contributed by atoms with Crippen LogP contribution in [0.15, 0.2) is 54.7 Å². The van der Waals surface area contributed by atoms with Gasteiger partial charge in [-0.2, -0.15) is 5.26 Å². The minimum atomic E-state index is 0.0182. The van der Waals surface area contributed by atoms with Crippen molar-refractivity contribution in [2.24, 2.45) is 5.92 Å². The van der Waals surface area contributed by atoms with Gasteiger partial charge in [-0.15, -0.1) is 0 Å². The van der Waals surface area contributed by atoms with Crippen LogP contribution in [0.5, 0.6) is 11.6 Å². The molecular weight excluding hydrogens is 302 g/mol. The van der Waals surface area contributed by atoms with E-state index in [2.05, 4.69) is 28.5 Å². The van der Waals surface area contributed by atoms with Crippen LogP contribution in [0.2, 0.25) is 0 Å². The van der Waals surface area contributed by atoms with Crippen molar-refractivity contribution >= 4 is 11.6 Å². The monoisotopic (exact) mass is 319 g/mol. The summed E-state index contributed by atoms with van der Waals surface area (Å²) in [4.78, 5) is 16.4. The van der Waals surface area contributed by atoms with Crippen molar-refractivity contribution in [2.45, 2.75) is 19.3 Å². The van der Waals surface area contributed by atoms with Crippen molar-refractivity contribution in [3.05, 3.63) is 60.3 Å². The molecule has 0 aliphatic heterocycles. The van der Waals surface area contributed by atoms with Crippen LogP contribution in [-0.2, 0) is 4.79 Å². The molecule has 1 N–H and O–H groups in total. The van der Waals surface area contributed by atoms with Gasteiger partial charge in [-0.05, 0) is 37.5 Å². The number of nitriles is 1. The van der Waals surface area contributed by atoms with Gasteiger partial charge in [-0.3, -0.25) is 4.79 Å². The van der Waals surface area contributed by atoms with Gasteiger partial charge in [-0.25, -0.2) is 4.98 Å². The molecule has 5 heteroatoms. The summed E-state index contributed by atoms with van der Waals surface area (Å²) in [6, 6.07) is 12.5. The van der Waals surface area contributed by atoms with Gasteiger partial charge in [0.2, 0.25) is 11.8 Å². The summed E-state index contributed by atoms with van der Waals surface area (Å²) < 4.78 is 5.62. The van der Waals surface area contributed by atoms with Crippen molar-refractivity contribution in [2.75, 3.05) is 5.32 Å². The van der Waals surface area contributed by atoms with E-state index in [-0.39, 0.29) is 11.8 Å². The first-order chi connectivity index (χ1) is 11.8. The number of allylic oxidation sites excluding steroid dienone is 2. The molecule has 1 aliphatic rings. The van der Waals surface area contributed by atoms with Gasteiger partial charge < -0.3 is 10.1 Å². The lowest BCUT2D eigenvalue weighted by atomic mass is 9.93. The number of rotatable bonds is 4. The molecule has 0 bridgehead atoms. The Balaban J connectivity index is 1.64. The van der Waals surface area contributed by atoms with Gasteiger partial charge in [0, 0.05) is 12.0 Å². The number of carbonyl (C=O) groups is 1. The molecule has 1 heterocycles. The lowest BCUT2D eigenvalue weighted by Crippen LogP contribution is -2.23. The highest BCUT2D eigenvalue weighted by molar-refractivity contribution is 5.92. The Morgan fingerprint density at radius 1 is 1.25 bits per heavy atom. The average molecular weight is 319 g/mol. The maximum atomic E-state index is 12.2. The van der Waals surface area contributed by atoms with Crippen LogP contribution in [0.4, 0.5) is 5.69 Å². The molecule has 2 aromatic rings. The molecule has 5 nitrogen and oxygen atoms in total. The quantitative estimate of drug-likeness (QED) is 0.863. The number of para-hydroxylation sites is 1. The lowest BCUT2D eigenvalue weighted by Gasteiger charge is -2.17. The lowest BCUT2D eigenvalue weighted by molar-refractivity contribution is -0.120. The number of nitrogens with one attached hydrogen (secondary N) is 1. The predicted molar refractivity (Wildman–Crippen MR) is 90.6 cm³/mol. The number of pyridine rings is 1. The van der Waals surface area contributed by atoms with Gasteiger partial charge >= 0.3 is 0 Å². The van der Waals surface area contributed by atoms with E-state index in [4.69, 9.17) is 10.00 Å². The van der Waals surface area contributed by atoms with E-state index in [1.807, 2.05) is 0 Å². The Bertz CT molecular complexity index is 791. The number of carbonyl (C=O) groups excluding carboxylic acids is 1. The van der Waals surface area contributed by atoms with Crippen LogP contribution in [0, 0.1) is 17.2 Å². The summed E-state index contributed by atoms with van der Waals surface area (Å²) in [5.74, 6) is 0.868. The fourth-order valence-corrected chi connectivity index (χ4v) is 2.55. The van der Waals surface area contributed by atoms with Crippen LogP contribution in [0.25, 0.3) is 0 Å². The van der Waals surface area contributed by atoms with Crippen molar-refractivity contribution < 1.29 is 9.53 Å². The van der Waals surface area contributed by atoms with Crippen molar-refractivity contribution in [3.63, 3.8) is 0 Å². The summed E-state index contributed by atoms with van der Waals surface area (Å²) in [7, 11) is 0. The summed E-state index contributed by atoms with van der Waals surface area (Å²) in [6.45, 7) is 0. The molecule has 0 radical (unpaired) electrons. The topological polar surface area (TPSA) is 75.0 Å². The number of anilines is 1. The van der Waals surface area contributed by atoms with E-state index in [9.17, 15) is 4.79 Å². The first kappa shape index (κ1) is 15.8. The largest absolute Gasteiger partial charge is 0.438 e. The number of hydrogen-bond donors (Lipinski definition) is 1.